The maximum Gasteiger partial charge on any atom is 0.0710 e. The van der Waals surface area contributed by atoms with Crippen molar-refractivity contribution in [3.8, 4) is 0 Å². The summed E-state index contributed by atoms with van der Waals surface area (Å²) in [4.78, 5) is 4.02. The predicted octanol–water partition coefficient (Wildman–Crippen LogP) is 1.27. The van der Waals surface area contributed by atoms with E-state index in [2.05, 4.69) is 15.2 Å². The van der Waals surface area contributed by atoms with Gasteiger partial charge in [0.15, 0.2) is 0 Å². The highest BCUT2D eigenvalue weighted by Gasteiger charge is 1.96. The molecule has 0 aliphatic heterocycles. The molecular formula is C7H7N3. The van der Waals surface area contributed by atoms with E-state index in [0.717, 1.165) is 16.5 Å². The zero-order chi connectivity index (χ0) is 6.97. The van der Waals surface area contributed by atoms with Crippen molar-refractivity contribution in [2.75, 3.05) is 0 Å². The summed E-state index contributed by atoms with van der Waals surface area (Å²) in [6, 6.07) is 0. The highest BCUT2D eigenvalue weighted by Crippen LogP contribution is 2.11. The van der Waals surface area contributed by atoms with Crippen LogP contribution in [0.15, 0.2) is 18.6 Å². The third-order valence-electron chi connectivity index (χ3n) is 1.54. The molecule has 1 N–H and O–H groups in total. The van der Waals surface area contributed by atoms with Gasteiger partial charge < -0.3 is 0 Å². The predicted molar refractivity (Wildman–Crippen MR) is 38.6 cm³/mol. The molecule has 0 fully saturated rings. The van der Waals surface area contributed by atoms with Gasteiger partial charge in [0, 0.05) is 17.8 Å². The zero-order valence-corrected chi connectivity index (χ0v) is 5.63. The molecule has 2 rings (SSSR count). The van der Waals surface area contributed by atoms with Gasteiger partial charge in [-0.2, -0.15) is 5.10 Å². The van der Waals surface area contributed by atoms with Crippen LogP contribution in [0.5, 0.6) is 0 Å². The average Bonchev–Trinajstić information content (AvgIpc) is 2.36. The maximum atomic E-state index is 4.02. The van der Waals surface area contributed by atoms with Gasteiger partial charge >= 0.3 is 0 Å². The van der Waals surface area contributed by atoms with Gasteiger partial charge in [-0.15, -0.1) is 0 Å². The zero-order valence-electron chi connectivity index (χ0n) is 5.63. The maximum absolute atomic E-state index is 4.02. The molecule has 50 valence electrons. The van der Waals surface area contributed by atoms with E-state index >= 15 is 0 Å². The standard InChI is InChI=1S/C7H7N3/c1-5-2-8-3-6-4-9-10-7(5)6/h2-4H,1H3,(H,9,10). The molecule has 0 saturated carbocycles. The molecule has 0 atom stereocenters. The molecule has 2 heterocycles. The summed E-state index contributed by atoms with van der Waals surface area (Å²) >= 11 is 0. The Kier molecular flexibility index (Phi) is 0.974. The fourth-order valence-electron chi connectivity index (χ4n) is 1.00. The van der Waals surface area contributed by atoms with Crippen LogP contribution in [0.25, 0.3) is 10.9 Å². The van der Waals surface area contributed by atoms with Crippen molar-refractivity contribution in [1.82, 2.24) is 15.2 Å². The molecule has 2 aromatic rings. The number of nitrogens with zero attached hydrogens (tertiary/aromatic N) is 2. The normalized spacial score (nSPS) is 10.5. The third kappa shape index (κ3) is 0.603. The van der Waals surface area contributed by atoms with Crippen LogP contribution < -0.4 is 0 Å². The third-order valence-corrected chi connectivity index (χ3v) is 1.54. The van der Waals surface area contributed by atoms with E-state index in [0.29, 0.717) is 0 Å². The topological polar surface area (TPSA) is 41.6 Å². The number of hydrogen-bond donors (Lipinski definition) is 1. The quantitative estimate of drug-likeness (QED) is 0.588. The van der Waals surface area contributed by atoms with Gasteiger partial charge in [-0.25, -0.2) is 0 Å². The van der Waals surface area contributed by atoms with Gasteiger partial charge in [0.1, 0.15) is 0 Å². The monoisotopic (exact) mass is 133 g/mol. The summed E-state index contributed by atoms with van der Waals surface area (Å²) in [5.41, 5.74) is 2.21. The van der Waals surface area contributed by atoms with Crippen LogP contribution in [0.1, 0.15) is 5.56 Å². The van der Waals surface area contributed by atoms with E-state index in [9.17, 15) is 0 Å². The first kappa shape index (κ1) is 5.41. The lowest BCUT2D eigenvalue weighted by atomic mass is 10.2. The second-order valence-corrected chi connectivity index (χ2v) is 2.29. The number of pyridine rings is 1. The summed E-state index contributed by atoms with van der Waals surface area (Å²) in [6.45, 7) is 2.01. The van der Waals surface area contributed by atoms with Crippen molar-refractivity contribution in [1.29, 1.82) is 0 Å². The van der Waals surface area contributed by atoms with Crippen molar-refractivity contribution in [2.45, 2.75) is 6.92 Å². The number of aryl methyl sites for hydroxylation is 1. The first-order valence-electron chi connectivity index (χ1n) is 3.11. The van der Waals surface area contributed by atoms with Crippen LogP contribution >= 0.6 is 0 Å². The molecule has 0 radical (unpaired) electrons. The van der Waals surface area contributed by atoms with E-state index in [1.54, 1.807) is 12.4 Å². The first-order valence-corrected chi connectivity index (χ1v) is 3.11. The second kappa shape index (κ2) is 1.80. The van der Waals surface area contributed by atoms with Gasteiger partial charge in [0.05, 0.1) is 11.7 Å². The highest BCUT2D eigenvalue weighted by molar-refractivity contribution is 5.79. The summed E-state index contributed by atoms with van der Waals surface area (Å²) in [6.07, 6.45) is 5.39. The lowest BCUT2D eigenvalue weighted by Gasteiger charge is -1.90. The van der Waals surface area contributed by atoms with Crippen LogP contribution in [-0.2, 0) is 0 Å². The minimum atomic E-state index is 1.07. The molecule has 0 amide bonds. The van der Waals surface area contributed by atoms with Gasteiger partial charge in [0.2, 0.25) is 0 Å². The first-order chi connectivity index (χ1) is 4.88. The van der Waals surface area contributed by atoms with E-state index < -0.39 is 0 Å². The Morgan fingerprint density at radius 3 is 3.00 bits per heavy atom. The molecule has 0 aromatic carbocycles. The van der Waals surface area contributed by atoms with Crippen molar-refractivity contribution in [3.63, 3.8) is 0 Å². The Morgan fingerprint density at radius 1 is 1.30 bits per heavy atom. The number of hydrogen-bond acceptors (Lipinski definition) is 2. The van der Waals surface area contributed by atoms with E-state index in [4.69, 9.17) is 0 Å². The fourth-order valence-corrected chi connectivity index (χ4v) is 1.00. The summed E-state index contributed by atoms with van der Waals surface area (Å²) < 4.78 is 0. The lowest BCUT2D eigenvalue weighted by molar-refractivity contribution is 1.11. The van der Waals surface area contributed by atoms with Crippen molar-refractivity contribution >= 4 is 10.9 Å². The number of rotatable bonds is 0. The Morgan fingerprint density at radius 2 is 2.20 bits per heavy atom. The number of fused-ring (bicyclic) bond motifs is 1. The molecule has 0 saturated heterocycles. The van der Waals surface area contributed by atoms with Crippen LogP contribution in [0.3, 0.4) is 0 Å². The number of aromatic nitrogens is 3. The van der Waals surface area contributed by atoms with E-state index in [1.165, 1.54) is 0 Å². The molecule has 2 aromatic heterocycles. The molecule has 10 heavy (non-hydrogen) atoms. The van der Waals surface area contributed by atoms with Crippen molar-refractivity contribution in [3.05, 3.63) is 24.2 Å². The minimum Gasteiger partial charge on any atom is -0.277 e. The molecule has 0 aliphatic rings. The highest BCUT2D eigenvalue weighted by atomic mass is 15.1. The molecule has 0 spiro atoms. The summed E-state index contributed by atoms with van der Waals surface area (Å²) in [5, 5.41) is 7.86. The molecule has 3 heteroatoms. The van der Waals surface area contributed by atoms with E-state index in [1.807, 2.05) is 13.1 Å². The Labute approximate surface area is 58.1 Å². The SMILES string of the molecule is Cc1cncc2cn[nH]c12. The fraction of sp³-hybridized carbons (Fsp3) is 0.143. The molecular weight excluding hydrogens is 126 g/mol. The van der Waals surface area contributed by atoms with Gasteiger partial charge in [0.25, 0.3) is 0 Å². The second-order valence-electron chi connectivity index (χ2n) is 2.29. The number of aromatic amines is 1. The molecule has 0 bridgehead atoms. The van der Waals surface area contributed by atoms with E-state index in [-0.39, 0.29) is 0 Å². The van der Waals surface area contributed by atoms with Gasteiger partial charge in [-0.1, -0.05) is 0 Å². The lowest BCUT2D eigenvalue weighted by Crippen LogP contribution is -1.77. The number of nitrogens with one attached hydrogen (secondary N) is 1. The Balaban J connectivity index is 2.95. The van der Waals surface area contributed by atoms with Crippen LogP contribution in [0.4, 0.5) is 0 Å². The smallest absolute Gasteiger partial charge is 0.0710 e. The van der Waals surface area contributed by atoms with Crippen molar-refractivity contribution < 1.29 is 0 Å². The molecule has 3 nitrogen and oxygen atoms in total. The average molecular weight is 133 g/mol. The Hall–Kier alpha value is -1.38. The van der Waals surface area contributed by atoms with Gasteiger partial charge in [-0.3, -0.25) is 10.1 Å². The molecule has 0 unspecified atom stereocenters. The largest absolute Gasteiger partial charge is 0.277 e. The summed E-state index contributed by atoms with van der Waals surface area (Å²) in [5.74, 6) is 0. The van der Waals surface area contributed by atoms with Crippen LogP contribution in [0.2, 0.25) is 0 Å². The van der Waals surface area contributed by atoms with Gasteiger partial charge in [-0.05, 0) is 12.5 Å². The molecule has 0 aliphatic carbocycles. The van der Waals surface area contributed by atoms with Crippen LogP contribution in [-0.4, -0.2) is 15.2 Å². The Bertz CT molecular complexity index is 350. The number of H-pyrrole nitrogens is 1. The summed E-state index contributed by atoms with van der Waals surface area (Å²) in [7, 11) is 0. The minimum absolute atomic E-state index is 1.07. The van der Waals surface area contributed by atoms with Crippen LogP contribution in [0, 0.1) is 6.92 Å². The van der Waals surface area contributed by atoms with Crippen molar-refractivity contribution in [2.24, 2.45) is 0 Å².